The molecule has 0 aromatic carbocycles. The van der Waals surface area contributed by atoms with Gasteiger partial charge in [0.25, 0.3) is 5.91 Å². The number of aromatic nitrogens is 2. The van der Waals surface area contributed by atoms with Gasteiger partial charge >= 0.3 is 0 Å². The molecule has 0 spiro atoms. The van der Waals surface area contributed by atoms with Crippen LogP contribution in [0.2, 0.25) is 0 Å². The first-order valence-corrected chi connectivity index (χ1v) is 6.83. The van der Waals surface area contributed by atoms with E-state index in [0.717, 1.165) is 42.7 Å². The van der Waals surface area contributed by atoms with Gasteiger partial charge in [0.1, 0.15) is 11.5 Å². The van der Waals surface area contributed by atoms with Gasteiger partial charge in [0, 0.05) is 18.9 Å². The van der Waals surface area contributed by atoms with Crippen molar-refractivity contribution in [2.45, 2.75) is 46.1 Å². The number of rotatable bonds is 3. The number of aryl methyl sites for hydroxylation is 3. The third kappa shape index (κ3) is 2.33. The number of nitrogens with zero attached hydrogens (tertiary/aromatic N) is 2. The largest absolute Gasteiger partial charge is 0.444 e. The molecule has 2 aromatic rings. The van der Waals surface area contributed by atoms with Gasteiger partial charge in [0.15, 0.2) is 11.6 Å². The molecule has 1 aliphatic carbocycles. The van der Waals surface area contributed by atoms with E-state index in [1.54, 1.807) is 6.92 Å². The predicted octanol–water partition coefficient (Wildman–Crippen LogP) is 2.09. The van der Waals surface area contributed by atoms with E-state index in [1.807, 2.05) is 6.92 Å². The molecule has 0 saturated carbocycles. The Balaban J connectivity index is 1.70. The van der Waals surface area contributed by atoms with Crippen LogP contribution < -0.4 is 5.32 Å². The van der Waals surface area contributed by atoms with Gasteiger partial charge in [-0.05, 0) is 26.2 Å². The Morgan fingerprint density at radius 3 is 2.85 bits per heavy atom. The second-order valence-electron chi connectivity index (χ2n) is 5.06. The van der Waals surface area contributed by atoms with E-state index in [-0.39, 0.29) is 5.91 Å². The summed E-state index contributed by atoms with van der Waals surface area (Å²) in [6, 6.07) is 0. The van der Waals surface area contributed by atoms with Gasteiger partial charge in [-0.15, -0.1) is 0 Å². The van der Waals surface area contributed by atoms with Gasteiger partial charge in [0.05, 0.1) is 12.2 Å². The monoisotopic (exact) mass is 275 g/mol. The van der Waals surface area contributed by atoms with Crippen molar-refractivity contribution in [2.75, 3.05) is 0 Å². The van der Waals surface area contributed by atoms with Crippen LogP contribution in [0.4, 0.5) is 0 Å². The van der Waals surface area contributed by atoms with Crippen LogP contribution in [0, 0.1) is 13.8 Å². The van der Waals surface area contributed by atoms with Crippen molar-refractivity contribution in [3.05, 3.63) is 34.4 Å². The molecule has 106 valence electrons. The lowest BCUT2D eigenvalue weighted by Gasteiger charge is -2.09. The fourth-order valence-corrected chi connectivity index (χ4v) is 2.54. The molecule has 0 bridgehead atoms. The summed E-state index contributed by atoms with van der Waals surface area (Å²) in [6.45, 7) is 3.95. The van der Waals surface area contributed by atoms with Gasteiger partial charge in [-0.3, -0.25) is 4.79 Å². The van der Waals surface area contributed by atoms with E-state index in [1.165, 1.54) is 0 Å². The maximum Gasteiger partial charge on any atom is 0.274 e. The minimum atomic E-state index is -0.217. The summed E-state index contributed by atoms with van der Waals surface area (Å²) in [7, 11) is 0. The molecule has 0 aliphatic heterocycles. The van der Waals surface area contributed by atoms with Gasteiger partial charge < -0.3 is 14.3 Å². The molecule has 6 heteroatoms. The minimum Gasteiger partial charge on any atom is -0.444 e. The van der Waals surface area contributed by atoms with Crippen LogP contribution in [-0.4, -0.2) is 16.0 Å². The number of fused-ring (bicyclic) bond motifs is 1. The molecule has 1 N–H and O–H groups in total. The fraction of sp³-hybridized carbons (Fsp3) is 0.500. The highest BCUT2D eigenvalue weighted by atomic mass is 16.5. The number of carbonyl (C=O) groups is 1. The summed E-state index contributed by atoms with van der Waals surface area (Å²) >= 11 is 0. The van der Waals surface area contributed by atoms with Crippen molar-refractivity contribution in [3.8, 4) is 0 Å². The Morgan fingerprint density at radius 1 is 1.30 bits per heavy atom. The lowest BCUT2D eigenvalue weighted by atomic mass is 9.96. The van der Waals surface area contributed by atoms with Crippen LogP contribution in [-0.2, 0) is 19.4 Å². The van der Waals surface area contributed by atoms with Crippen molar-refractivity contribution in [2.24, 2.45) is 0 Å². The Morgan fingerprint density at radius 2 is 2.10 bits per heavy atom. The van der Waals surface area contributed by atoms with Crippen molar-refractivity contribution in [1.29, 1.82) is 0 Å². The second kappa shape index (κ2) is 5.11. The second-order valence-corrected chi connectivity index (χ2v) is 5.06. The van der Waals surface area contributed by atoms with E-state index < -0.39 is 0 Å². The summed E-state index contributed by atoms with van der Waals surface area (Å²) in [5, 5.41) is 6.71. The zero-order chi connectivity index (χ0) is 14.1. The summed E-state index contributed by atoms with van der Waals surface area (Å²) in [4.78, 5) is 16.3. The van der Waals surface area contributed by atoms with Crippen molar-refractivity contribution >= 4 is 5.91 Å². The molecular weight excluding hydrogens is 258 g/mol. The molecular formula is C14H17N3O3. The summed E-state index contributed by atoms with van der Waals surface area (Å²) in [5.74, 6) is 1.91. The maximum atomic E-state index is 12.2. The van der Waals surface area contributed by atoms with E-state index in [2.05, 4.69) is 15.5 Å². The first-order valence-electron chi connectivity index (χ1n) is 6.83. The SMILES string of the molecule is Cc1nc(C)c(CNC(=O)c2noc3c2CCCC3)o1. The average molecular weight is 275 g/mol. The molecule has 6 nitrogen and oxygen atoms in total. The summed E-state index contributed by atoms with van der Waals surface area (Å²) in [5.41, 5.74) is 2.16. The molecule has 20 heavy (non-hydrogen) atoms. The lowest BCUT2D eigenvalue weighted by Crippen LogP contribution is -2.24. The van der Waals surface area contributed by atoms with Crippen LogP contribution in [0.3, 0.4) is 0 Å². The molecule has 0 saturated heterocycles. The zero-order valence-electron chi connectivity index (χ0n) is 11.7. The Hall–Kier alpha value is -2.11. The molecule has 1 amide bonds. The third-order valence-electron chi connectivity index (χ3n) is 3.57. The van der Waals surface area contributed by atoms with Gasteiger partial charge in [-0.1, -0.05) is 5.16 Å². The smallest absolute Gasteiger partial charge is 0.274 e. The van der Waals surface area contributed by atoms with Crippen LogP contribution in [0.1, 0.15) is 52.0 Å². The number of carbonyl (C=O) groups excluding carboxylic acids is 1. The van der Waals surface area contributed by atoms with Crippen LogP contribution in [0.5, 0.6) is 0 Å². The van der Waals surface area contributed by atoms with E-state index >= 15 is 0 Å². The molecule has 2 aromatic heterocycles. The van der Waals surface area contributed by atoms with Crippen LogP contribution >= 0.6 is 0 Å². The van der Waals surface area contributed by atoms with Gasteiger partial charge in [-0.2, -0.15) is 0 Å². The first kappa shape index (κ1) is 12.9. The van der Waals surface area contributed by atoms with Crippen LogP contribution in [0.15, 0.2) is 8.94 Å². The Kier molecular flexibility index (Phi) is 3.30. The highest BCUT2D eigenvalue weighted by Crippen LogP contribution is 2.24. The summed E-state index contributed by atoms with van der Waals surface area (Å²) < 4.78 is 10.7. The molecule has 0 fully saturated rings. The average Bonchev–Trinajstić information content (AvgIpc) is 2.99. The molecule has 3 rings (SSSR count). The number of nitrogens with one attached hydrogen (secondary N) is 1. The first-order chi connectivity index (χ1) is 9.65. The lowest BCUT2D eigenvalue weighted by molar-refractivity contribution is 0.0938. The Bertz CT molecular complexity index is 642. The van der Waals surface area contributed by atoms with Crippen molar-refractivity contribution in [1.82, 2.24) is 15.5 Å². The van der Waals surface area contributed by atoms with Gasteiger partial charge in [-0.25, -0.2) is 4.98 Å². The van der Waals surface area contributed by atoms with Crippen molar-refractivity contribution < 1.29 is 13.7 Å². The maximum absolute atomic E-state index is 12.2. The normalized spacial score (nSPS) is 14.1. The molecule has 0 unspecified atom stereocenters. The molecule has 2 heterocycles. The Labute approximate surface area is 116 Å². The standard InChI is InChI=1S/C14H17N3O3/c1-8-12(19-9(2)16-8)7-15-14(18)13-10-5-3-4-6-11(10)20-17-13/h3-7H2,1-2H3,(H,15,18). The van der Waals surface area contributed by atoms with Crippen LogP contribution in [0.25, 0.3) is 0 Å². The fourth-order valence-electron chi connectivity index (χ4n) is 2.54. The minimum absolute atomic E-state index is 0.217. The highest BCUT2D eigenvalue weighted by molar-refractivity contribution is 5.93. The number of hydrogen-bond acceptors (Lipinski definition) is 5. The van der Waals surface area contributed by atoms with Gasteiger partial charge in [0.2, 0.25) is 0 Å². The predicted molar refractivity (Wildman–Crippen MR) is 70.3 cm³/mol. The molecule has 1 aliphatic rings. The highest BCUT2D eigenvalue weighted by Gasteiger charge is 2.24. The molecule has 0 radical (unpaired) electrons. The van der Waals surface area contributed by atoms with E-state index in [4.69, 9.17) is 8.94 Å². The molecule has 0 atom stereocenters. The van der Waals surface area contributed by atoms with E-state index in [0.29, 0.717) is 23.9 Å². The summed E-state index contributed by atoms with van der Waals surface area (Å²) in [6.07, 6.45) is 3.91. The number of hydrogen-bond donors (Lipinski definition) is 1. The number of oxazole rings is 1. The zero-order valence-corrected chi connectivity index (χ0v) is 11.7. The quantitative estimate of drug-likeness (QED) is 0.927. The number of amides is 1. The third-order valence-corrected chi connectivity index (χ3v) is 3.57. The topological polar surface area (TPSA) is 81.2 Å². The van der Waals surface area contributed by atoms with E-state index in [9.17, 15) is 4.79 Å². The van der Waals surface area contributed by atoms with Crippen molar-refractivity contribution in [3.63, 3.8) is 0 Å².